The molecule has 5 atom stereocenters. The zero-order valence-electron chi connectivity index (χ0n) is 39.9. The van der Waals surface area contributed by atoms with Gasteiger partial charge in [0.15, 0.2) is 25.0 Å². The van der Waals surface area contributed by atoms with Gasteiger partial charge in [0.25, 0.3) is 0 Å². The molecular weight excluding hydrogens is 763 g/mol. The average Bonchev–Trinajstić information content (AvgIpc) is 3.42. The Morgan fingerprint density at radius 1 is 0.875 bits per heavy atom. The summed E-state index contributed by atoms with van der Waals surface area (Å²) in [6.45, 7) is 45.4. The predicted octanol–water partition coefficient (Wildman–Crippen LogP) is 13.9. The van der Waals surface area contributed by atoms with Crippen molar-refractivity contribution in [3.8, 4) is 0 Å². The van der Waals surface area contributed by atoms with Gasteiger partial charge in [-0.1, -0.05) is 94.2 Å². The van der Waals surface area contributed by atoms with E-state index in [0.29, 0.717) is 6.42 Å². The molecule has 1 fully saturated rings. The molecule has 10 heteroatoms. The molecule has 0 unspecified atom stereocenters. The molecule has 0 amide bonds. The van der Waals surface area contributed by atoms with Gasteiger partial charge in [-0.15, -0.1) is 11.3 Å². The molecule has 6 nitrogen and oxygen atoms in total. The summed E-state index contributed by atoms with van der Waals surface area (Å²) in [6.07, 6.45) is 11.2. The average molecular weight is 851 g/mol. The fourth-order valence-electron chi connectivity index (χ4n) is 7.12. The summed E-state index contributed by atoms with van der Waals surface area (Å²) in [6, 6.07) is 0. The van der Waals surface area contributed by atoms with Crippen LogP contribution in [-0.2, 0) is 18.1 Å². The number of aromatic nitrogens is 1. The first-order chi connectivity index (χ1) is 25.3. The molecule has 1 aliphatic rings. The lowest BCUT2D eigenvalue weighted by Crippen LogP contribution is -2.58. The third-order valence-corrected chi connectivity index (χ3v) is 28.6. The van der Waals surface area contributed by atoms with Crippen LogP contribution in [0.1, 0.15) is 152 Å². The Bertz CT molecular complexity index is 1470. The molecule has 0 radical (unpaired) electrons. The summed E-state index contributed by atoms with van der Waals surface area (Å²) in [4.78, 5) is 19.7. The molecule has 1 aromatic rings. The van der Waals surface area contributed by atoms with Crippen LogP contribution in [0.4, 0.5) is 0 Å². The minimum absolute atomic E-state index is 0.00936. The molecule has 1 aliphatic carbocycles. The van der Waals surface area contributed by atoms with Crippen LogP contribution in [-0.4, -0.2) is 65.7 Å². The number of hydrogen-bond donors (Lipinski definition) is 1. The molecule has 56 heavy (non-hydrogen) atoms. The topological polar surface area (TPSA) is 77.9 Å². The maximum absolute atomic E-state index is 15.0. The maximum atomic E-state index is 15.0. The molecule has 0 bridgehead atoms. The van der Waals surface area contributed by atoms with Gasteiger partial charge in [0.1, 0.15) is 5.78 Å². The maximum Gasteiger partial charge on any atom is 0.192 e. The molecule has 0 aromatic carbocycles. The van der Waals surface area contributed by atoms with E-state index in [4.69, 9.17) is 18.3 Å². The van der Waals surface area contributed by atoms with E-state index >= 15 is 4.79 Å². The van der Waals surface area contributed by atoms with Gasteiger partial charge in [-0.3, -0.25) is 4.79 Å². The molecule has 2 rings (SSSR count). The van der Waals surface area contributed by atoms with E-state index < -0.39 is 30.4 Å². The third-order valence-electron chi connectivity index (χ3n) is 14.4. The summed E-state index contributed by atoms with van der Waals surface area (Å²) in [7, 11) is -6.39. The Kier molecular flexibility index (Phi) is 18.1. The zero-order valence-corrected chi connectivity index (χ0v) is 43.7. The number of aliphatic hydroxyl groups is 1. The second-order valence-electron chi connectivity index (χ2n) is 22.1. The highest BCUT2D eigenvalue weighted by Crippen LogP contribution is 2.52. The quantitative estimate of drug-likeness (QED) is 0.0981. The number of Topliss-reactive ketones (excluding diaryl/α,β-unsaturated/α-hetero) is 1. The highest BCUT2D eigenvalue weighted by molar-refractivity contribution is 7.09. The van der Waals surface area contributed by atoms with Crippen molar-refractivity contribution < 1.29 is 23.2 Å². The van der Waals surface area contributed by atoms with Crippen LogP contribution < -0.4 is 0 Å². The third kappa shape index (κ3) is 13.4. The summed E-state index contributed by atoms with van der Waals surface area (Å²) >= 11 is 1.69. The highest BCUT2D eigenvalue weighted by atomic mass is 32.1. The van der Waals surface area contributed by atoms with Gasteiger partial charge in [0.05, 0.1) is 34.4 Å². The molecule has 324 valence electrons. The van der Waals surface area contributed by atoms with E-state index in [-0.39, 0.29) is 57.7 Å². The van der Waals surface area contributed by atoms with Crippen LogP contribution >= 0.6 is 11.3 Å². The lowest BCUT2D eigenvalue weighted by Gasteiger charge is -2.52. The van der Waals surface area contributed by atoms with Gasteiger partial charge in [-0.2, -0.15) is 0 Å². The molecule has 0 spiro atoms. The monoisotopic (exact) mass is 850 g/mol. The molecule has 1 heterocycles. The van der Waals surface area contributed by atoms with Crippen molar-refractivity contribution >= 4 is 48.1 Å². The fraction of sp³-hybridized carbons (Fsp3) is 0.826. The largest absolute Gasteiger partial charge is 0.413 e. The molecule has 1 saturated carbocycles. The van der Waals surface area contributed by atoms with Crippen LogP contribution in [0.2, 0.25) is 54.4 Å². The van der Waals surface area contributed by atoms with Crippen molar-refractivity contribution in [3.05, 3.63) is 33.3 Å². The Morgan fingerprint density at radius 2 is 1.39 bits per heavy atom. The number of carbonyl (C=O) groups excluding carboxylic acids is 1. The molecule has 0 saturated heterocycles. The van der Waals surface area contributed by atoms with Crippen molar-refractivity contribution in [3.63, 3.8) is 0 Å². The second-order valence-corrected chi connectivity index (χ2v) is 37.4. The molecular formula is C46H87NO5SSi3. The number of rotatable bonds is 21. The van der Waals surface area contributed by atoms with Gasteiger partial charge in [-0.05, 0) is 138 Å². The van der Waals surface area contributed by atoms with Gasteiger partial charge in [0.2, 0.25) is 0 Å². The van der Waals surface area contributed by atoms with Gasteiger partial charge in [-0.25, -0.2) is 4.98 Å². The number of thiazole rings is 1. The molecule has 1 N–H and O–H groups in total. The van der Waals surface area contributed by atoms with E-state index in [0.717, 1.165) is 55.6 Å². The van der Waals surface area contributed by atoms with Crippen LogP contribution in [0.15, 0.2) is 22.6 Å². The number of nitrogens with zero attached hydrogens (tertiary/aromatic N) is 1. The van der Waals surface area contributed by atoms with E-state index in [2.05, 4.69) is 154 Å². The van der Waals surface area contributed by atoms with Crippen molar-refractivity contribution in [2.45, 2.75) is 221 Å². The van der Waals surface area contributed by atoms with E-state index in [9.17, 15) is 5.11 Å². The lowest BCUT2D eigenvalue weighted by molar-refractivity contribution is -0.152. The number of aryl methyl sites for hydroxylation is 1. The van der Waals surface area contributed by atoms with Crippen molar-refractivity contribution in [2.24, 2.45) is 17.3 Å². The first-order valence-electron chi connectivity index (χ1n) is 21.8. The van der Waals surface area contributed by atoms with Crippen LogP contribution in [0.25, 0.3) is 6.08 Å². The Morgan fingerprint density at radius 3 is 1.84 bits per heavy atom. The molecule has 1 aromatic heterocycles. The fourth-order valence-corrected chi connectivity index (χ4v) is 11.9. The van der Waals surface area contributed by atoms with Gasteiger partial charge < -0.3 is 18.4 Å². The van der Waals surface area contributed by atoms with Gasteiger partial charge in [0, 0.05) is 17.9 Å². The first-order valence-corrected chi connectivity index (χ1v) is 31.4. The van der Waals surface area contributed by atoms with Gasteiger partial charge >= 0.3 is 0 Å². The van der Waals surface area contributed by atoms with Crippen molar-refractivity contribution in [1.82, 2.24) is 4.98 Å². The number of ketones is 1. The number of aliphatic hydroxyl groups excluding tert-OH is 1. The molecule has 0 aliphatic heterocycles. The van der Waals surface area contributed by atoms with E-state index in [1.807, 2.05) is 0 Å². The van der Waals surface area contributed by atoms with E-state index in [1.165, 1.54) is 11.1 Å². The lowest BCUT2D eigenvalue weighted by atomic mass is 9.59. The number of hydrogen-bond acceptors (Lipinski definition) is 7. The number of carbonyl (C=O) groups is 1. The number of allylic oxidation sites excluding steroid dienone is 1. The van der Waals surface area contributed by atoms with Crippen LogP contribution in [0.5, 0.6) is 0 Å². The Balaban J connectivity index is 2.34. The summed E-state index contributed by atoms with van der Waals surface area (Å²) in [5.74, 6) is 0.244. The highest BCUT2D eigenvalue weighted by Gasteiger charge is 2.56. The first kappa shape index (κ1) is 51.4. The minimum atomic E-state index is -2.20. The van der Waals surface area contributed by atoms with Crippen LogP contribution in [0, 0.1) is 24.2 Å². The second kappa shape index (κ2) is 19.8. The standard InChI is InChI=1S/C46H87NO5SSi3/c1-33(25-26-39(50-54(15,16)43(6,7)8)35(3)31-38-32-53-37(5)47-38)23-21-24-34(2)41(52-56(19,20)45(12,13)14)36(4)42(49)46(28-22-29-46)40(27-30-48)51-55(17,18)44(9,10)11/h25,31-32,34,36,39-41,48H,21-24,26-30H2,1-20H3/b33-25+,35-31+/t34-,36+,39-,40-,41-/m0/s1. The Labute approximate surface area is 352 Å². The summed E-state index contributed by atoms with van der Waals surface area (Å²) in [5.41, 5.74) is 3.07. The van der Waals surface area contributed by atoms with Crippen molar-refractivity contribution in [2.75, 3.05) is 6.61 Å². The zero-order chi connectivity index (χ0) is 43.3. The Hall–Kier alpha value is -0.729. The predicted molar refractivity (Wildman–Crippen MR) is 250 cm³/mol. The van der Waals surface area contributed by atoms with E-state index in [1.54, 1.807) is 11.3 Å². The van der Waals surface area contributed by atoms with Crippen LogP contribution in [0.3, 0.4) is 0 Å². The SMILES string of the molecule is C/C(=C\C[C@H](O[Si](C)(C)C(C)(C)C)/C(C)=C/c1csc(C)n1)CCC[C@H](C)[C@H](O[Si](C)(C)C(C)(C)C)[C@@H](C)C(=O)C1([C@H](CCO)O[Si](C)(C)C(C)(C)C)CCC1. The smallest absolute Gasteiger partial charge is 0.192 e. The summed E-state index contributed by atoms with van der Waals surface area (Å²) < 4.78 is 21.4. The van der Waals surface area contributed by atoms with Crippen molar-refractivity contribution in [1.29, 1.82) is 0 Å². The normalized spacial score (nSPS) is 19.3. The minimum Gasteiger partial charge on any atom is -0.413 e. The summed E-state index contributed by atoms with van der Waals surface area (Å²) in [5, 5.41) is 13.6.